The molecule has 0 fully saturated rings. The SMILES string of the molecule is CCCCOc1ccc([C@@H](C)NC(=O)c2ccc(CNS(=O)(=O)c3ccc(OC)cc3)cc2)cc1. The van der Waals surface area contributed by atoms with E-state index in [0.29, 0.717) is 17.9 Å². The quantitative estimate of drug-likeness (QED) is 0.350. The molecule has 186 valence electrons. The molecule has 0 saturated heterocycles. The van der Waals surface area contributed by atoms with Crippen molar-refractivity contribution >= 4 is 15.9 Å². The Hall–Kier alpha value is -3.36. The van der Waals surface area contributed by atoms with Gasteiger partial charge in [-0.2, -0.15) is 0 Å². The van der Waals surface area contributed by atoms with Gasteiger partial charge in [-0.25, -0.2) is 13.1 Å². The fraction of sp³-hybridized carbons (Fsp3) is 0.296. The first kappa shape index (κ1) is 26.2. The molecule has 0 heterocycles. The van der Waals surface area contributed by atoms with E-state index in [4.69, 9.17) is 9.47 Å². The summed E-state index contributed by atoms with van der Waals surface area (Å²) in [4.78, 5) is 12.8. The maximum atomic E-state index is 12.7. The van der Waals surface area contributed by atoms with Crippen molar-refractivity contribution in [3.63, 3.8) is 0 Å². The number of amides is 1. The van der Waals surface area contributed by atoms with Crippen LogP contribution in [-0.2, 0) is 16.6 Å². The zero-order valence-electron chi connectivity index (χ0n) is 20.3. The summed E-state index contributed by atoms with van der Waals surface area (Å²) in [6.45, 7) is 4.85. The smallest absolute Gasteiger partial charge is 0.251 e. The molecule has 0 aliphatic heterocycles. The lowest BCUT2D eigenvalue weighted by Gasteiger charge is -2.15. The van der Waals surface area contributed by atoms with Crippen molar-refractivity contribution in [1.82, 2.24) is 10.0 Å². The van der Waals surface area contributed by atoms with Crippen molar-refractivity contribution in [3.05, 3.63) is 89.5 Å². The van der Waals surface area contributed by atoms with E-state index in [1.54, 1.807) is 36.4 Å². The molecule has 35 heavy (non-hydrogen) atoms. The molecular formula is C27H32N2O5S. The number of carbonyl (C=O) groups is 1. The molecular weight excluding hydrogens is 464 g/mol. The lowest BCUT2D eigenvalue weighted by Crippen LogP contribution is -2.26. The summed E-state index contributed by atoms with van der Waals surface area (Å²) >= 11 is 0. The lowest BCUT2D eigenvalue weighted by molar-refractivity contribution is 0.0940. The van der Waals surface area contributed by atoms with Crippen molar-refractivity contribution in [2.75, 3.05) is 13.7 Å². The maximum absolute atomic E-state index is 12.7. The summed E-state index contributed by atoms with van der Waals surface area (Å²) in [6, 6.07) is 20.6. The highest BCUT2D eigenvalue weighted by Crippen LogP contribution is 2.19. The van der Waals surface area contributed by atoms with Crippen LogP contribution in [0.1, 0.15) is 54.2 Å². The normalized spacial score (nSPS) is 12.1. The third-order valence-corrected chi connectivity index (χ3v) is 6.96. The number of methoxy groups -OCH3 is 1. The molecule has 3 aromatic rings. The average molecular weight is 497 g/mol. The summed E-state index contributed by atoms with van der Waals surface area (Å²) < 4.78 is 38.3. The average Bonchev–Trinajstić information content (AvgIpc) is 2.88. The number of benzene rings is 3. The first-order chi connectivity index (χ1) is 16.8. The molecule has 8 heteroatoms. The van der Waals surface area contributed by atoms with Crippen LogP contribution in [-0.4, -0.2) is 28.0 Å². The minimum Gasteiger partial charge on any atom is -0.497 e. The number of hydrogen-bond donors (Lipinski definition) is 2. The van der Waals surface area contributed by atoms with Crippen molar-refractivity contribution in [2.45, 2.75) is 44.2 Å². The lowest BCUT2D eigenvalue weighted by atomic mass is 10.1. The minimum absolute atomic E-state index is 0.110. The summed E-state index contributed by atoms with van der Waals surface area (Å²) in [5, 5.41) is 2.99. The Morgan fingerprint density at radius 3 is 2.14 bits per heavy atom. The van der Waals surface area contributed by atoms with Crippen LogP contribution in [0.3, 0.4) is 0 Å². The largest absolute Gasteiger partial charge is 0.497 e. The number of unbranched alkanes of at least 4 members (excludes halogenated alkanes) is 1. The summed E-state index contributed by atoms with van der Waals surface area (Å²) in [5.74, 6) is 1.20. The van der Waals surface area contributed by atoms with Gasteiger partial charge < -0.3 is 14.8 Å². The van der Waals surface area contributed by atoms with Gasteiger partial charge in [-0.15, -0.1) is 0 Å². The fourth-order valence-corrected chi connectivity index (χ4v) is 4.36. The van der Waals surface area contributed by atoms with Crippen LogP contribution in [0.2, 0.25) is 0 Å². The van der Waals surface area contributed by atoms with Gasteiger partial charge in [0, 0.05) is 12.1 Å². The van der Waals surface area contributed by atoms with Gasteiger partial charge in [0.2, 0.25) is 10.0 Å². The Morgan fingerprint density at radius 1 is 0.914 bits per heavy atom. The number of nitrogens with one attached hydrogen (secondary N) is 2. The summed E-state index contributed by atoms with van der Waals surface area (Å²) in [6.07, 6.45) is 2.10. The first-order valence-corrected chi connectivity index (χ1v) is 13.1. The van der Waals surface area contributed by atoms with E-state index < -0.39 is 10.0 Å². The predicted octanol–water partition coefficient (Wildman–Crippen LogP) is 4.84. The van der Waals surface area contributed by atoms with Crippen molar-refractivity contribution in [1.29, 1.82) is 0 Å². The van der Waals surface area contributed by atoms with Gasteiger partial charge in [0.15, 0.2) is 0 Å². The monoisotopic (exact) mass is 496 g/mol. The molecule has 0 radical (unpaired) electrons. The summed E-state index contributed by atoms with van der Waals surface area (Å²) in [5.41, 5.74) is 2.22. The maximum Gasteiger partial charge on any atom is 0.251 e. The van der Waals surface area contributed by atoms with Crippen LogP contribution >= 0.6 is 0 Å². The number of carbonyl (C=O) groups excluding carboxylic acids is 1. The number of sulfonamides is 1. The van der Waals surface area contributed by atoms with E-state index in [2.05, 4.69) is 17.0 Å². The number of ether oxygens (including phenoxy) is 2. The Balaban J connectivity index is 1.53. The van der Waals surface area contributed by atoms with Crippen LogP contribution < -0.4 is 19.5 Å². The van der Waals surface area contributed by atoms with Crippen LogP contribution in [0.25, 0.3) is 0 Å². The fourth-order valence-electron chi connectivity index (χ4n) is 3.34. The highest BCUT2D eigenvalue weighted by Gasteiger charge is 2.15. The highest BCUT2D eigenvalue weighted by molar-refractivity contribution is 7.89. The molecule has 0 aliphatic carbocycles. The highest BCUT2D eigenvalue weighted by atomic mass is 32.2. The van der Waals surface area contributed by atoms with Gasteiger partial charge in [0.1, 0.15) is 11.5 Å². The standard InChI is InChI=1S/C27H32N2O5S/c1-4-5-18-34-25-12-10-22(11-13-25)20(2)29-27(30)23-8-6-21(7-9-23)19-28-35(31,32)26-16-14-24(33-3)15-17-26/h6-17,20,28H,4-5,18-19H2,1-3H3,(H,29,30)/t20-/m1/s1. The third-order valence-electron chi connectivity index (χ3n) is 5.55. The zero-order valence-corrected chi connectivity index (χ0v) is 21.1. The van der Waals surface area contributed by atoms with Crippen LogP contribution in [0, 0.1) is 0 Å². The van der Waals surface area contributed by atoms with Gasteiger partial charge in [-0.1, -0.05) is 37.6 Å². The van der Waals surface area contributed by atoms with Crippen LogP contribution in [0.5, 0.6) is 11.5 Å². The molecule has 0 aliphatic rings. The van der Waals surface area contributed by atoms with E-state index in [-0.39, 0.29) is 23.4 Å². The molecule has 3 rings (SSSR count). The van der Waals surface area contributed by atoms with Gasteiger partial charge in [0.25, 0.3) is 5.91 Å². The molecule has 0 bridgehead atoms. The second-order valence-electron chi connectivity index (χ2n) is 8.16. The molecule has 0 unspecified atom stereocenters. The van der Waals surface area contributed by atoms with Gasteiger partial charge in [0.05, 0.1) is 24.7 Å². The van der Waals surface area contributed by atoms with Crippen molar-refractivity contribution in [3.8, 4) is 11.5 Å². The predicted molar refractivity (Wildman–Crippen MR) is 136 cm³/mol. The van der Waals surface area contributed by atoms with Gasteiger partial charge in [-0.05, 0) is 73.0 Å². The molecule has 2 N–H and O–H groups in total. The number of rotatable bonds is 12. The Kier molecular flexibility index (Phi) is 9.28. The topological polar surface area (TPSA) is 93.7 Å². The second kappa shape index (κ2) is 12.4. The van der Waals surface area contributed by atoms with Gasteiger partial charge in [-0.3, -0.25) is 4.79 Å². The Bertz CT molecular complexity index is 1190. The molecule has 1 amide bonds. The third kappa shape index (κ3) is 7.56. The zero-order chi connectivity index (χ0) is 25.3. The van der Waals surface area contributed by atoms with E-state index in [1.807, 2.05) is 31.2 Å². The van der Waals surface area contributed by atoms with Crippen LogP contribution in [0.15, 0.2) is 77.7 Å². The first-order valence-electron chi connectivity index (χ1n) is 11.6. The van der Waals surface area contributed by atoms with Crippen molar-refractivity contribution in [2.24, 2.45) is 0 Å². The minimum atomic E-state index is -3.66. The second-order valence-corrected chi connectivity index (χ2v) is 9.93. The van der Waals surface area contributed by atoms with E-state index >= 15 is 0 Å². The Morgan fingerprint density at radius 2 is 1.54 bits per heavy atom. The van der Waals surface area contributed by atoms with Crippen LogP contribution in [0.4, 0.5) is 0 Å². The molecule has 0 saturated carbocycles. The molecule has 0 spiro atoms. The summed E-state index contributed by atoms with van der Waals surface area (Å²) in [7, 11) is -2.14. The number of hydrogen-bond acceptors (Lipinski definition) is 5. The molecule has 7 nitrogen and oxygen atoms in total. The van der Waals surface area contributed by atoms with E-state index in [0.717, 1.165) is 29.7 Å². The Labute approximate surface area is 207 Å². The van der Waals surface area contributed by atoms with E-state index in [9.17, 15) is 13.2 Å². The van der Waals surface area contributed by atoms with Gasteiger partial charge >= 0.3 is 0 Å². The molecule has 1 atom stereocenters. The molecule has 3 aromatic carbocycles. The molecule has 0 aromatic heterocycles. The van der Waals surface area contributed by atoms with Crippen molar-refractivity contribution < 1.29 is 22.7 Å². The van der Waals surface area contributed by atoms with E-state index in [1.165, 1.54) is 19.2 Å².